The number of thioether (sulfide) groups is 1. The SMILES string of the molecule is Cc1nc(SCC(=O)NN2C(=O)NC3(CCC(C)CC3)C2=O)sc1CC(N)=O. The molecule has 11 heteroatoms. The molecule has 0 aromatic carbocycles. The van der Waals surface area contributed by atoms with Crippen LogP contribution in [0.15, 0.2) is 4.34 Å². The fraction of sp³-hybridized carbons (Fsp3) is 0.588. The number of aryl methyl sites for hydroxylation is 1. The number of carbonyl (C=O) groups excluding carboxylic acids is 4. The summed E-state index contributed by atoms with van der Waals surface area (Å²) >= 11 is 2.48. The van der Waals surface area contributed by atoms with E-state index in [9.17, 15) is 19.2 Å². The molecule has 1 aromatic rings. The van der Waals surface area contributed by atoms with Gasteiger partial charge in [-0.05, 0) is 38.5 Å². The van der Waals surface area contributed by atoms with Crippen molar-refractivity contribution in [3.05, 3.63) is 10.6 Å². The molecule has 1 aliphatic heterocycles. The topological polar surface area (TPSA) is 134 Å². The number of amides is 5. The third kappa shape index (κ3) is 4.30. The van der Waals surface area contributed by atoms with Crippen molar-refractivity contribution in [2.75, 3.05) is 5.75 Å². The van der Waals surface area contributed by atoms with Gasteiger partial charge in [0, 0.05) is 4.88 Å². The molecule has 0 unspecified atom stereocenters. The Hall–Kier alpha value is -2.14. The molecule has 0 bridgehead atoms. The first-order valence-corrected chi connectivity index (χ1v) is 10.8. The van der Waals surface area contributed by atoms with Gasteiger partial charge in [-0.3, -0.25) is 19.8 Å². The molecule has 5 amide bonds. The van der Waals surface area contributed by atoms with Crippen LogP contribution in [0.4, 0.5) is 4.79 Å². The third-order valence-electron chi connectivity index (χ3n) is 5.06. The van der Waals surface area contributed by atoms with Crippen LogP contribution in [-0.4, -0.2) is 45.0 Å². The number of nitrogens with one attached hydrogen (secondary N) is 2. The van der Waals surface area contributed by atoms with Crippen LogP contribution in [-0.2, 0) is 20.8 Å². The Kier molecular flexibility index (Phi) is 5.94. The predicted molar refractivity (Wildman–Crippen MR) is 104 cm³/mol. The Balaban J connectivity index is 1.56. The van der Waals surface area contributed by atoms with Crippen LogP contribution in [0.1, 0.15) is 43.2 Å². The lowest BCUT2D eigenvalue weighted by Gasteiger charge is -2.33. The van der Waals surface area contributed by atoms with Crippen LogP contribution in [0.3, 0.4) is 0 Å². The van der Waals surface area contributed by atoms with Crippen molar-refractivity contribution < 1.29 is 19.2 Å². The minimum atomic E-state index is -0.889. The predicted octanol–water partition coefficient (Wildman–Crippen LogP) is 1.10. The largest absolute Gasteiger partial charge is 0.369 e. The summed E-state index contributed by atoms with van der Waals surface area (Å²) in [6.07, 6.45) is 3.00. The molecule has 1 spiro atoms. The number of imide groups is 1. The summed E-state index contributed by atoms with van der Waals surface area (Å²) in [5.74, 6) is -0.790. The van der Waals surface area contributed by atoms with Crippen molar-refractivity contribution in [1.82, 2.24) is 20.7 Å². The number of thiazole rings is 1. The zero-order chi connectivity index (χ0) is 20.5. The maximum absolute atomic E-state index is 12.7. The number of nitrogens with two attached hydrogens (primary N) is 1. The molecule has 2 fully saturated rings. The molecule has 0 radical (unpaired) electrons. The molecule has 1 saturated carbocycles. The van der Waals surface area contributed by atoms with Gasteiger partial charge in [0.2, 0.25) is 11.8 Å². The summed E-state index contributed by atoms with van der Waals surface area (Å²) in [6, 6.07) is -0.591. The number of carbonyl (C=O) groups is 4. The number of hydrogen-bond acceptors (Lipinski definition) is 7. The standard InChI is InChI=1S/C17H23N5O4S2/c1-9-3-5-17(6-4-9)14(25)22(15(26)20-17)21-13(24)8-27-16-19-10(2)11(28-16)7-12(18)23/h9H,3-8H2,1-2H3,(H2,18,23)(H,20,26)(H,21,24). The van der Waals surface area contributed by atoms with Crippen molar-refractivity contribution in [3.63, 3.8) is 0 Å². The Bertz CT molecular complexity index is 816. The van der Waals surface area contributed by atoms with E-state index in [0.29, 0.717) is 28.8 Å². The molecule has 152 valence electrons. The first-order valence-electron chi connectivity index (χ1n) is 9.04. The highest BCUT2D eigenvalue weighted by Gasteiger charge is 2.52. The van der Waals surface area contributed by atoms with Crippen LogP contribution in [0.2, 0.25) is 0 Å². The summed E-state index contributed by atoms with van der Waals surface area (Å²) < 4.78 is 0.624. The zero-order valence-corrected chi connectivity index (χ0v) is 17.4. The zero-order valence-electron chi connectivity index (χ0n) is 15.7. The summed E-state index contributed by atoms with van der Waals surface area (Å²) in [5, 5.41) is 3.56. The number of hydrogen-bond donors (Lipinski definition) is 3. The second-order valence-electron chi connectivity index (χ2n) is 7.29. The van der Waals surface area contributed by atoms with Crippen LogP contribution < -0.4 is 16.5 Å². The van der Waals surface area contributed by atoms with E-state index in [2.05, 4.69) is 22.7 Å². The van der Waals surface area contributed by atoms with Gasteiger partial charge in [-0.2, -0.15) is 5.01 Å². The average Bonchev–Trinajstić information content (AvgIpc) is 3.08. The van der Waals surface area contributed by atoms with E-state index in [1.807, 2.05) is 0 Å². The second kappa shape index (κ2) is 8.08. The van der Waals surface area contributed by atoms with E-state index in [1.165, 1.54) is 23.1 Å². The normalized spacial score (nSPS) is 24.5. The summed E-state index contributed by atoms with van der Waals surface area (Å²) in [6.45, 7) is 3.90. The molecular formula is C17H23N5O4S2. The van der Waals surface area contributed by atoms with Gasteiger partial charge < -0.3 is 11.1 Å². The number of rotatable bonds is 6. The maximum Gasteiger partial charge on any atom is 0.344 e. The van der Waals surface area contributed by atoms with Gasteiger partial charge in [-0.1, -0.05) is 18.7 Å². The molecule has 4 N–H and O–H groups in total. The highest BCUT2D eigenvalue weighted by molar-refractivity contribution is 8.01. The molecule has 1 aliphatic carbocycles. The van der Waals surface area contributed by atoms with Crippen molar-refractivity contribution in [2.45, 2.75) is 55.8 Å². The quantitative estimate of drug-likeness (QED) is 0.461. The molecular weight excluding hydrogens is 402 g/mol. The number of nitrogens with zero attached hydrogens (tertiary/aromatic N) is 2. The van der Waals surface area contributed by atoms with Gasteiger partial charge in [0.15, 0.2) is 4.34 Å². The monoisotopic (exact) mass is 425 g/mol. The minimum Gasteiger partial charge on any atom is -0.369 e. The van der Waals surface area contributed by atoms with Gasteiger partial charge in [0.1, 0.15) is 5.54 Å². The van der Waals surface area contributed by atoms with Crippen molar-refractivity contribution >= 4 is 46.9 Å². The average molecular weight is 426 g/mol. The lowest BCUT2D eigenvalue weighted by molar-refractivity contribution is -0.139. The molecule has 0 atom stereocenters. The Morgan fingerprint density at radius 2 is 2.07 bits per heavy atom. The van der Waals surface area contributed by atoms with Gasteiger partial charge in [0.25, 0.3) is 5.91 Å². The lowest BCUT2D eigenvalue weighted by atomic mass is 9.77. The van der Waals surface area contributed by atoms with Gasteiger partial charge in [0.05, 0.1) is 17.9 Å². The van der Waals surface area contributed by atoms with Gasteiger partial charge >= 0.3 is 6.03 Å². The molecule has 1 aromatic heterocycles. The highest BCUT2D eigenvalue weighted by Crippen LogP contribution is 2.35. The van der Waals surface area contributed by atoms with E-state index >= 15 is 0 Å². The number of urea groups is 1. The maximum atomic E-state index is 12.7. The molecule has 2 heterocycles. The molecule has 2 aliphatic rings. The van der Waals surface area contributed by atoms with Crippen LogP contribution in [0.25, 0.3) is 0 Å². The van der Waals surface area contributed by atoms with Gasteiger partial charge in [-0.25, -0.2) is 9.78 Å². The summed E-state index contributed by atoms with van der Waals surface area (Å²) in [5.41, 5.74) is 7.42. The van der Waals surface area contributed by atoms with E-state index < -0.39 is 29.3 Å². The molecule has 1 saturated heterocycles. The van der Waals surface area contributed by atoms with E-state index in [0.717, 1.165) is 22.7 Å². The molecule has 3 rings (SSSR count). The molecule has 28 heavy (non-hydrogen) atoms. The van der Waals surface area contributed by atoms with Crippen LogP contribution >= 0.6 is 23.1 Å². The lowest BCUT2D eigenvalue weighted by Crippen LogP contribution is -2.51. The summed E-state index contributed by atoms with van der Waals surface area (Å²) in [4.78, 5) is 53.3. The number of primary amides is 1. The number of hydrazine groups is 1. The van der Waals surface area contributed by atoms with Gasteiger partial charge in [-0.15, -0.1) is 11.3 Å². The van der Waals surface area contributed by atoms with E-state index in [4.69, 9.17) is 5.73 Å². The second-order valence-corrected chi connectivity index (χ2v) is 9.60. The fourth-order valence-corrected chi connectivity index (χ4v) is 5.42. The first kappa shape index (κ1) is 20.6. The Morgan fingerprint density at radius 1 is 1.39 bits per heavy atom. The number of aromatic nitrogens is 1. The first-order chi connectivity index (χ1) is 13.2. The minimum absolute atomic E-state index is 0.00986. The van der Waals surface area contributed by atoms with Crippen LogP contribution in [0.5, 0.6) is 0 Å². The van der Waals surface area contributed by atoms with Crippen molar-refractivity contribution in [3.8, 4) is 0 Å². The summed E-state index contributed by atoms with van der Waals surface area (Å²) in [7, 11) is 0. The van der Waals surface area contributed by atoms with E-state index in [1.54, 1.807) is 6.92 Å². The fourth-order valence-electron chi connectivity index (χ4n) is 3.39. The third-order valence-corrected chi connectivity index (χ3v) is 7.36. The van der Waals surface area contributed by atoms with Crippen molar-refractivity contribution in [2.24, 2.45) is 11.7 Å². The Morgan fingerprint density at radius 3 is 2.71 bits per heavy atom. The van der Waals surface area contributed by atoms with E-state index in [-0.39, 0.29) is 12.2 Å². The smallest absolute Gasteiger partial charge is 0.344 e. The Labute approximate surface area is 170 Å². The van der Waals surface area contributed by atoms with Crippen molar-refractivity contribution in [1.29, 1.82) is 0 Å². The van der Waals surface area contributed by atoms with Crippen LogP contribution in [0, 0.1) is 12.8 Å². The highest BCUT2D eigenvalue weighted by atomic mass is 32.2. The molecule has 9 nitrogen and oxygen atoms in total.